The summed E-state index contributed by atoms with van der Waals surface area (Å²) in [6.07, 6.45) is -0.861. The average Bonchev–Trinajstić information content (AvgIpc) is 2.53. The summed E-state index contributed by atoms with van der Waals surface area (Å²) in [7, 11) is 4.30. The molecule has 0 heterocycles. The van der Waals surface area contributed by atoms with E-state index in [0.29, 0.717) is 11.5 Å². The standard InChI is InChI=1S/C16H20O7/c1-5-23-16(19)7-10(17)6-12(18)11-8-14(21-3)15(22-4)9-13(11)20-2/h8-9H,5-7H2,1-4H3. The third-order valence-electron chi connectivity index (χ3n) is 3.01. The van der Waals surface area contributed by atoms with Crippen LogP contribution in [0.2, 0.25) is 0 Å². The van der Waals surface area contributed by atoms with E-state index in [4.69, 9.17) is 14.2 Å². The molecule has 0 aliphatic heterocycles. The molecule has 0 aliphatic carbocycles. The van der Waals surface area contributed by atoms with Crippen LogP contribution in [-0.4, -0.2) is 45.5 Å². The fourth-order valence-corrected chi connectivity index (χ4v) is 1.96. The van der Waals surface area contributed by atoms with Crippen LogP contribution in [0.5, 0.6) is 17.2 Å². The van der Waals surface area contributed by atoms with Gasteiger partial charge in [0.2, 0.25) is 0 Å². The molecule has 0 saturated heterocycles. The minimum absolute atomic E-state index is 0.183. The lowest BCUT2D eigenvalue weighted by atomic mass is 10.0. The molecule has 23 heavy (non-hydrogen) atoms. The Kier molecular flexibility index (Phi) is 7.05. The Hall–Kier alpha value is -2.57. The van der Waals surface area contributed by atoms with E-state index in [1.165, 1.54) is 33.5 Å². The summed E-state index contributed by atoms with van der Waals surface area (Å²) in [5.41, 5.74) is 0.183. The lowest BCUT2D eigenvalue weighted by molar-refractivity contribution is -0.145. The average molecular weight is 324 g/mol. The van der Waals surface area contributed by atoms with Gasteiger partial charge >= 0.3 is 5.97 Å². The summed E-state index contributed by atoms with van der Waals surface area (Å²) in [6, 6.07) is 2.94. The molecule has 0 amide bonds. The van der Waals surface area contributed by atoms with Gasteiger partial charge in [0.15, 0.2) is 23.1 Å². The highest BCUT2D eigenvalue weighted by molar-refractivity contribution is 6.12. The number of benzene rings is 1. The van der Waals surface area contributed by atoms with Gasteiger partial charge in [0.05, 0.1) is 39.9 Å². The Morgan fingerprint density at radius 3 is 1.96 bits per heavy atom. The molecule has 1 rings (SSSR count). The van der Waals surface area contributed by atoms with Gasteiger partial charge in [-0.3, -0.25) is 14.4 Å². The quantitative estimate of drug-likeness (QED) is 0.389. The van der Waals surface area contributed by atoms with Crippen LogP contribution in [-0.2, 0) is 14.3 Å². The summed E-state index contributed by atoms with van der Waals surface area (Å²) >= 11 is 0. The van der Waals surface area contributed by atoms with Crippen molar-refractivity contribution in [2.75, 3.05) is 27.9 Å². The van der Waals surface area contributed by atoms with E-state index in [1.54, 1.807) is 6.92 Å². The highest BCUT2D eigenvalue weighted by atomic mass is 16.5. The minimum atomic E-state index is -0.649. The maximum Gasteiger partial charge on any atom is 0.313 e. The van der Waals surface area contributed by atoms with Gasteiger partial charge in [-0.25, -0.2) is 0 Å². The summed E-state index contributed by atoms with van der Waals surface area (Å²) in [4.78, 5) is 35.3. The van der Waals surface area contributed by atoms with E-state index < -0.39 is 30.4 Å². The Morgan fingerprint density at radius 2 is 1.43 bits per heavy atom. The first-order valence-corrected chi connectivity index (χ1v) is 6.97. The zero-order chi connectivity index (χ0) is 17.4. The molecule has 7 nitrogen and oxygen atoms in total. The zero-order valence-corrected chi connectivity index (χ0v) is 13.6. The smallest absolute Gasteiger partial charge is 0.313 e. The lowest BCUT2D eigenvalue weighted by Crippen LogP contribution is -2.15. The second kappa shape index (κ2) is 8.77. The van der Waals surface area contributed by atoms with Gasteiger partial charge in [-0.05, 0) is 13.0 Å². The number of carbonyl (C=O) groups excluding carboxylic acids is 3. The van der Waals surface area contributed by atoms with E-state index in [-0.39, 0.29) is 17.9 Å². The number of carbonyl (C=O) groups is 3. The molecule has 0 radical (unpaired) electrons. The maximum atomic E-state index is 12.3. The van der Waals surface area contributed by atoms with Gasteiger partial charge in [-0.1, -0.05) is 0 Å². The molecular formula is C16H20O7. The van der Waals surface area contributed by atoms with E-state index in [0.717, 1.165) is 0 Å². The molecule has 0 N–H and O–H groups in total. The normalized spacial score (nSPS) is 9.91. The van der Waals surface area contributed by atoms with Gasteiger partial charge in [0.1, 0.15) is 12.2 Å². The van der Waals surface area contributed by atoms with E-state index in [1.807, 2.05) is 0 Å². The van der Waals surface area contributed by atoms with Crippen LogP contribution < -0.4 is 14.2 Å². The second-order valence-electron chi connectivity index (χ2n) is 4.53. The zero-order valence-electron chi connectivity index (χ0n) is 13.6. The highest BCUT2D eigenvalue weighted by Crippen LogP contribution is 2.35. The van der Waals surface area contributed by atoms with Crippen molar-refractivity contribution in [3.8, 4) is 17.2 Å². The van der Waals surface area contributed by atoms with Crippen LogP contribution in [0, 0.1) is 0 Å². The fraction of sp³-hybridized carbons (Fsp3) is 0.438. The number of ether oxygens (including phenoxy) is 4. The predicted octanol–water partition coefficient (Wildman–Crippen LogP) is 1.81. The molecule has 0 spiro atoms. The third-order valence-corrected chi connectivity index (χ3v) is 3.01. The number of hydrogen-bond acceptors (Lipinski definition) is 7. The number of esters is 1. The summed E-state index contributed by atoms with van der Waals surface area (Å²) in [6.45, 7) is 1.82. The number of hydrogen-bond donors (Lipinski definition) is 0. The summed E-state index contributed by atoms with van der Waals surface area (Å²) < 4.78 is 20.1. The number of Topliss-reactive ketones (excluding diaryl/α,β-unsaturated/α-hetero) is 2. The number of ketones is 2. The van der Waals surface area contributed by atoms with Crippen molar-refractivity contribution in [3.05, 3.63) is 17.7 Å². The third kappa shape index (κ3) is 4.98. The van der Waals surface area contributed by atoms with E-state index >= 15 is 0 Å². The Bertz CT molecular complexity index is 592. The van der Waals surface area contributed by atoms with Crippen LogP contribution in [0.4, 0.5) is 0 Å². The van der Waals surface area contributed by atoms with Crippen LogP contribution in [0.15, 0.2) is 12.1 Å². The minimum Gasteiger partial charge on any atom is -0.496 e. The van der Waals surface area contributed by atoms with Crippen molar-refractivity contribution in [3.63, 3.8) is 0 Å². The van der Waals surface area contributed by atoms with Crippen molar-refractivity contribution in [1.29, 1.82) is 0 Å². The first-order valence-electron chi connectivity index (χ1n) is 6.97. The van der Waals surface area contributed by atoms with Crippen molar-refractivity contribution in [2.24, 2.45) is 0 Å². The van der Waals surface area contributed by atoms with Gasteiger partial charge in [0.25, 0.3) is 0 Å². The number of methoxy groups -OCH3 is 3. The Morgan fingerprint density at radius 1 is 0.870 bits per heavy atom. The molecule has 126 valence electrons. The van der Waals surface area contributed by atoms with Crippen molar-refractivity contribution >= 4 is 17.5 Å². The monoisotopic (exact) mass is 324 g/mol. The molecule has 0 fully saturated rings. The SMILES string of the molecule is CCOC(=O)CC(=O)CC(=O)c1cc(OC)c(OC)cc1OC. The Balaban J connectivity index is 2.94. The molecular weight excluding hydrogens is 304 g/mol. The lowest BCUT2D eigenvalue weighted by Gasteiger charge is -2.13. The summed E-state index contributed by atoms with van der Waals surface area (Å²) in [5.74, 6) is -0.642. The number of rotatable bonds is 9. The molecule has 0 unspecified atom stereocenters. The predicted molar refractivity (Wildman–Crippen MR) is 81.3 cm³/mol. The first-order chi connectivity index (χ1) is 11.0. The Labute approximate surface area is 134 Å². The molecule has 0 saturated carbocycles. The van der Waals surface area contributed by atoms with Crippen LogP contribution >= 0.6 is 0 Å². The van der Waals surface area contributed by atoms with Crippen molar-refractivity contribution < 1.29 is 33.3 Å². The van der Waals surface area contributed by atoms with Crippen LogP contribution in [0.3, 0.4) is 0 Å². The van der Waals surface area contributed by atoms with Crippen molar-refractivity contribution in [1.82, 2.24) is 0 Å². The van der Waals surface area contributed by atoms with Crippen LogP contribution in [0.1, 0.15) is 30.1 Å². The molecule has 0 atom stereocenters. The molecule has 1 aromatic carbocycles. The van der Waals surface area contributed by atoms with E-state index in [9.17, 15) is 14.4 Å². The molecule has 1 aromatic rings. The highest BCUT2D eigenvalue weighted by Gasteiger charge is 2.21. The van der Waals surface area contributed by atoms with Gasteiger partial charge < -0.3 is 18.9 Å². The van der Waals surface area contributed by atoms with Gasteiger partial charge in [-0.2, -0.15) is 0 Å². The second-order valence-corrected chi connectivity index (χ2v) is 4.53. The van der Waals surface area contributed by atoms with Crippen molar-refractivity contribution in [2.45, 2.75) is 19.8 Å². The molecule has 0 bridgehead atoms. The molecule has 0 aromatic heterocycles. The molecule has 0 aliphatic rings. The first kappa shape index (κ1) is 18.5. The topological polar surface area (TPSA) is 88.1 Å². The molecule has 7 heteroatoms. The maximum absolute atomic E-state index is 12.3. The summed E-state index contributed by atoms with van der Waals surface area (Å²) in [5, 5.41) is 0. The van der Waals surface area contributed by atoms with E-state index in [2.05, 4.69) is 4.74 Å². The fourth-order valence-electron chi connectivity index (χ4n) is 1.96. The largest absolute Gasteiger partial charge is 0.496 e. The van der Waals surface area contributed by atoms with Gasteiger partial charge in [0, 0.05) is 6.07 Å². The van der Waals surface area contributed by atoms with Gasteiger partial charge in [-0.15, -0.1) is 0 Å². The van der Waals surface area contributed by atoms with Crippen LogP contribution in [0.25, 0.3) is 0 Å².